The summed E-state index contributed by atoms with van der Waals surface area (Å²) in [7, 11) is 0. The van der Waals surface area contributed by atoms with Crippen LogP contribution in [0.2, 0.25) is 0 Å². The predicted molar refractivity (Wildman–Crippen MR) is 71.9 cm³/mol. The lowest BCUT2D eigenvalue weighted by Gasteiger charge is -2.20. The normalized spacial score (nSPS) is 11.1. The molecule has 0 aliphatic heterocycles. The number of aromatic nitrogens is 2. The lowest BCUT2D eigenvalue weighted by molar-refractivity contribution is 0.203. The highest BCUT2D eigenvalue weighted by molar-refractivity contribution is 5.59. The van der Waals surface area contributed by atoms with Crippen molar-refractivity contribution in [3.05, 3.63) is 11.9 Å². The van der Waals surface area contributed by atoms with Gasteiger partial charge in [-0.05, 0) is 12.8 Å². The van der Waals surface area contributed by atoms with Crippen LogP contribution in [0.1, 0.15) is 32.3 Å². The molecule has 1 aromatic heterocycles. The molecule has 18 heavy (non-hydrogen) atoms. The second kappa shape index (κ2) is 7.13. The van der Waals surface area contributed by atoms with Gasteiger partial charge in [-0.25, -0.2) is 9.97 Å². The molecule has 0 aliphatic carbocycles. The van der Waals surface area contributed by atoms with E-state index in [4.69, 9.17) is 10.2 Å². The van der Waals surface area contributed by atoms with Crippen LogP contribution < -0.4 is 10.6 Å². The van der Waals surface area contributed by atoms with Crippen LogP contribution in [0.3, 0.4) is 0 Å². The molecular formula is C12H22N4O2. The number of hydrogen-bond donors (Lipinski definition) is 4. The molecule has 0 fully saturated rings. The lowest BCUT2D eigenvalue weighted by atomic mass is 10.0. The maximum atomic E-state index is 9.11. The summed E-state index contributed by atoms with van der Waals surface area (Å²) in [5, 5.41) is 24.4. The van der Waals surface area contributed by atoms with E-state index in [-0.39, 0.29) is 19.1 Å². The number of aliphatic hydroxyl groups is 2. The van der Waals surface area contributed by atoms with Crippen molar-refractivity contribution in [2.45, 2.75) is 32.7 Å². The van der Waals surface area contributed by atoms with Crippen LogP contribution >= 0.6 is 0 Å². The molecule has 0 atom stereocenters. The van der Waals surface area contributed by atoms with Gasteiger partial charge >= 0.3 is 0 Å². The second-order valence-corrected chi connectivity index (χ2v) is 4.38. The van der Waals surface area contributed by atoms with Gasteiger partial charge in [0.25, 0.3) is 0 Å². The fourth-order valence-electron chi connectivity index (χ4n) is 1.71. The van der Waals surface area contributed by atoms with E-state index in [9.17, 15) is 0 Å². The Morgan fingerprint density at radius 2 is 1.78 bits per heavy atom. The zero-order valence-corrected chi connectivity index (χ0v) is 11.1. The maximum absolute atomic E-state index is 9.11. The Bertz CT molecular complexity index is 367. The van der Waals surface area contributed by atoms with Crippen molar-refractivity contribution in [2.75, 3.05) is 30.4 Å². The first kappa shape index (κ1) is 14.7. The van der Waals surface area contributed by atoms with Crippen LogP contribution in [0.5, 0.6) is 0 Å². The van der Waals surface area contributed by atoms with Crippen molar-refractivity contribution in [1.29, 1.82) is 0 Å². The Morgan fingerprint density at radius 1 is 1.17 bits per heavy atom. The molecule has 0 aliphatic rings. The third-order valence-electron chi connectivity index (χ3n) is 2.59. The highest BCUT2D eigenvalue weighted by Crippen LogP contribution is 2.28. The van der Waals surface area contributed by atoms with Crippen molar-refractivity contribution in [3.63, 3.8) is 0 Å². The molecule has 0 saturated heterocycles. The third-order valence-corrected chi connectivity index (χ3v) is 2.59. The van der Waals surface area contributed by atoms with Gasteiger partial charge in [0.1, 0.15) is 18.0 Å². The van der Waals surface area contributed by atoms with Crippen molar-refractivity contribution >= 4 is 11.6 Å². The number of nitrogens with zero attached hydrogens (tertiary/aromatic N) is 2. The first-order valence-electron chi connectivity index (χ1n) is 6.21. The van der Waals surface area contributed by atoms with Crippen molar-refractivity contribution in [2.24, 2.45) is 0 Å². The zero-order valence-electron chi connectivity index (χ0n) is 11.1. The smallest absolute Gasteiger partial charge is 0.135 e. The number of nitrogens with one attached hydrogen (secondary N) is 2. The number of aliphatic hydroxyl groups excluding tert-OH is 2. The number of anilines is 2. The van der Waals surface area contributed by atoms with Crippen LogP contribution in [-0.2, 0) is 0 Å². The van der Waals surface area contributed by atoms with E-state index in [1.165, 1.54) is 6.33 Å². The zero-order chi connectivity index (χ0) is 13.5. The van der Waals surface area contributed by atoms with Gasteiger partial charge in [0.15, 0.2) is 0 Å². The quantitative estimate of drug-likeness (QED) is 0.575. The maximum Gasteiger partial charge on any atom is 0.135 e. The van der Waals surface area contributed by atoms with E-state index in [0.717, 1.165) is 17.9 Å². The average molecular weight is 254 g/mol. The van der Waals surface area contributed by atoms with Crippen LogP contribution in [0.25, 0.3) is 0 Å². The van der Waals surface area contributed by atoms with Gasteiger partial charge in [-0.1, -0.05) is 13.8 Å². The second-order valence-electron chi connectivity index (χ2n) is 4.38. The van der Waals surface area contributed by atoms with Crippen LogP contribution in [0.15, 0.2) is 6.33 Å². The summed E-state index contributed by atoms with van der Waals surface area (Å²) in [6.07, 6.45) is 1.47. The van der Waals surface area contributed by atoms with Gasteiger partial charge in [0.2, 0.25) is 0 Å². The van der Waals surface area contributed by atoms with Crippen LogP contribution in [-0.4, -0.2) is 46.0 Å². The minimum Gasteiger partial charge on any atom is -0.394 e. The monoisotopic (exact) mass is 254 g/mol. The fraction of sp³-hybridized carbons (Fsp3) is 0.667. The predicted octanol–water partition coefficient (Wildman–Crippen LogP) is 0.797. The molecule has 1 heterocycles. The highest BCUT2D eigenvalue weighted by atomic mass is 16.3. The third kappa shape index (κ3) is 3.54. The summed E-state index contributed by atoms with van der Waals surface area (Å²) in [6, 6.07) is -0.410. The summed E-state index contributed by atoms with van der Waals surface area (Å²) in [6.45, 7) is 6.60. The lowest BCUT2D eigenvalue weighted by Crippen LogP contribution is -2.29. The molecule has 1 aromatic rings. The average Bonchev–Trinajstić information content (AvgIpc) is 2.36. The molecule has 0 amide bonds. The first-order chi connectivity index (χ1) is 8.63. The van der Waals surface area contributed by atoms with E-state index in [1.807, 2.05) is 6.92 Å². The van der Waals surface area contributed by atoms with E-state index in [2.05, 4.69) is 34.4 Å². The SMILES string of the molecule is CCNc1ncnc(NC(CO)CO)c1C(C)C. The molecule has 0 unspecified atom stereocenters. The standard InChI is InChI=1S/C12H22N4O2/c1-4-13-11-10(8(2)3)12(15-7-14-11)16-9(5-17)6-18/h7-9,17-18H,4-6H2,1-3H3,(H2,13,14,15,16). The first-order valence-corrected chi connectivity index (χ1v) is 6.21. The summed E-state index contributed by atoms with van der Waals surface area (Å²) >= 11 is 0. The molecule has 1 rings (SSSR count). The van der Waals surface area contributed by atoms with Crippen molar-refractivity contribution in [1.82, 2.24) is 9.97 Å². The van der Waals surface area contributed by atoms with Crippen molar-refractivity contribution in [3.8, 4) is 0 Å². The van der Waals surface area contributed by atoms with E-state index >= 15 is 0 Å². The van der Waals surface area contributed by atoms with Gasteiger partial charge in [-0.3, -0.25) is 0 Å². The Kier molecular flexibility index (Phi) is 5.80. The Labute approximate surface area is 107 Å². The summed E-state index contributed by atoms with van der Waals surface area (Å²) < 4.78 is 0. The molecular weight excluding hydrogens is 232 g/mol. The minimum absolute atomic E-state index is 0.144. The molecule has 0 aromatic carbocycles. The summed E-state index contributed by atoms with van der Waals surface area (Å²) in [5.74, 6) is 1.68. The van der Waals surface area contributed by atoms with Gasteiger partial charge in [-0.15, -0.1) is 0 Å². The molecule has 0 bridgehead atoms. The fourth-order valence-corrected chi connectivity index (χ4v) is 1.71. The van der Waals surface area contributed by atoms with E-state index in [1.54, 1.807) is 0 Å². The Balaban J connectivity index is 3.05. The van der Waals surface area contributed by atoms with Gasteiger partial charge in [0, 0.05) is 12.1 Å². The Morgan fingerprint density at radius 3 is 2.28 bits per heavy atom. The molecule has 0 spiro atoms. The summed E-state index contributed by atoms with van der Waals surface area (Å²) in [4.78, 5) is 8.42. The van der Waals surface area contributed by atoms with Crippen molar-refractivity contribution < 1.29 is 10.2 Å². The molecule has 4 N–H and O–H groups in total. The minimum atomic E-state index is -0.410. The van der Waals surface area contributed by atoms with Gasteiger partial charge < -0.3 is 20.8 Å². The molecule has 102 valence electrons. The molecule has 6 nitrogen and oxygen atoms in total. The molecule has 0 saturated carbocycles. The summed E-state index contributed by atoms with van der Waals surface area (Å²) in [5.41, 5.74) is 0.964. The number of rotatable bonds is 7. The molecule has 6 heteroatoms. The van der Waals surface area contributed by atoms with Crippen LogP contribution in [0.4, 0.5) is 11.6 Å². The number of hydrogen-bond acceptors (Lipinski definition) is 6. The molecule has 0 radical (unpaired) electrons. The van der Waals surface area contributed by atoms with Crippen LogP contribution in [0, 0.1) is 0 Å². The van der Waals surface area contributed by atoms with Gasteiger partial charge in [-0.2, -0.15) is 0 Å². The van der Waals surface area contributed by atoms with E-state index in [0.29, 0.717) is 5.82 Å². The largest absolute Gasteiger partial charge is 0.394 e. The topological polar surface area (TPSA) is 90.3 Å². The van der Waals surface area contributed by atoms with Gasteiger partial charge in [0.05, 0.1) is 19.3 Å². The highest BCUT2D eigenvalue weighted by Gasteiger charge is 2.16. The Hall–Kier alpha value is -1.40. The van der Waals surface area contributed by atoms with E-state index < -0.39 is 6.04 Å².